The first-order valence-corrected chi connectivity index (χ1v) is 10.7. The fraction of sp³-hybridized carbons (Fsp3) is 0.417. The third-order valence-corrected chi connectivity index (χ3v) is 5.03. The monoisotopic (exact) mass is 441 g/mol. The number of nitrogens with zero attached hydrogens (tertiary/aromatic N) is 2. The number of ether oxygens (including phenoxy) is 3. The molecule has 32 heavy (non-hydrogen) atoms. The molecule has 2 amide bonds. The van der Waals surface area contributed by atoms with Gasteiger partial charge in [0.15, 0.2) is 11.5 Å². The lowest BCUT2D eigenvalue weighted by atomic mass is 10.1. The molecule has 0 unspecified atom stereocenters. The summed E-state index contributed by atoms with van der Waals surface area (Å²) in [6.07, 6.45) is -0.0141. The van der Waals surface area contributed by atoms with E-state index in [4.69, 9.17) is 14.2 Å². The number of methoxy groups -OCH3 is 1. The minimum Gasteiger partial charge on any atom is -0.493 e. The zero-order valence-corrected chi connectivity index (χ0v) is 19.1. The van der Waals surface area contributed by atoms with E-state index < -0.39 is 0 Å². The Kier molecular flexibility index (Phi) is 7.94. The van der Waals surface area contributed by atoms with Crippen LogP contribution in [-0.4, -0.2) is 69.8 Å². The van der Waals surface area contributed by atoms with Crippen molar-refractivity contribution >= 4 is 23.2 Å². The fourth-order valence-electron chi connectivity index (χ4n) is 3.44. The second-order valence-electron chi connectivity index (χ2n) is 7.89. The number of hydrogen-bond acceptors (Lipinski definition) is 6. The van der Waals surface area contributed by atoms with Gasteiger partial charge in [-0.25, -0.2) is 0 Å². The molecule has 3 rings (SSSR count). The van der Waals surface area contributed by atoms with Gasteiger partial charge in [0.25, 0.3) is 5.91 Å². The summed E-state index contributed by atoms with van der Waals surface area (Å²) < 4.78 is 16.4. The molecule has 0 bridgehead atoms. The van der Waals surface area contributed by atoms with Crippen LogP contribution >= 0.6 is 0 Å². The molecule has 1 heterocycles. The molecule has 0 radical (unpaired) electrons. The zero-order chi connectivity index (χ0) is 23.1. The third-order valence-electron chi connectivity index (χ3n) is 5.03. The van der Waals surface area contributed by atoms with Crippen LogP contribution in [0.2, 0.25) is 0 Å². The highest BCUT2D eigenvalue weighted by Gasteiger charge is 2.18. The first kappa shape index (κ1) is 23.4. The van der Waals surface area contributed by atoms with E-state index in [1.165, 1.54) is 12.0 Å². The van der Waals surface area contributed by atoms with Gasteiger partial charge in [-0.1, -0.05) is 0 Å². The summed E-state index contributed by atoms with van der Waals surface area (Å²) in [6, 6.07) is 12.7. The van der Waals surface area contributed by atoms with Crippen LogP contribution in [0.1, 0.15) is 24.2 Å². The van der Waals surface area contributed by atoms with Gasteiger partial charge in [-0.05, 0) is 56.3 Å². The second kappa shape index (κ2) is 10.9. The lowest BCUT2D eigenvalue weighted by molar-refractivity contribution is -0.116. The number of hydrogen-bond donors (Lipinski definition) is 1. The Morgan fingerprint density at radius 3 is 2.41 bits per heavy atom. The van der Waals surface area contributed by atoms with Crippen molar-refractivity contribution in [2.24, 2.45) is 0 Å². The quantitative estimate of drug-likeness (QED) is 0.678. The SMILES string of the molecule is COc1cc(C(=O)N(C)CC(=O)Nc2ccc(N3CCOCC3)cc2)ccc1OC(C)C. The number of likely N-dealkylation sites (N-methyl/N-ethyl adjacent to an activating group) is 1. The van der Waals surface area contributed by atoms with Crippen molar-refractivity contribution in [3.8, 4) is 11.5 Å². The van der Waals surface area contributed by atoms with E-state index in [9.17, 15) is 9.59 Å². The van der Waals surface area contributed by atoms with Crippen LogP contribution < -0.4 is 19.7 Å². The van der Waals surface area contributed by atoms with Gasteiger partial charge in [0.05, 0.1) is 33.0 Å². The predicted molar refractivity (Wildman–Crippen MR) is 124 cm³/mol. The van der Waals surface area contributed by atoms with Gasteiger partial charge in [0.2, 0.25) is 5.91 Å². The molecule has 2 aromatic carbocycles. The summed E-state index contributed by atoms with van der Waals surface area (Å²) in [5.74, 6) is 0.492. The van der Waals surface area contributed by atoms with Crippen LogP contribution in [0.15, 0.2) is 42.5 Å². The van der Waals surface area contributed by atoms with E-state index in [0.717, 1.165) is 32.0 Å². The largest absolute Gasteiger partial charge is 0.493 e. The highest BCUT2D eigenvalue weighted by Crippen LogP contribution is 2.29. The number of carbonyl (C=O) groups excluding carboxylic acids is 2. The number of morpholine rings is 1. The van der Waals surface area contributed by atoms with E-state index in [1.54, 1.807) is 25.2 Å². The predicted octanol–water partition coefficient (Wildman–Crippen LogP) is 3.03. The molecule has 0 saturated carbocycles. The van der Waals surface area contributed by atoms with Gasteiger partial charge < -0.3 is 29.3 Å². The Balaban J connectivity index is 1.57. The summed E-state index contributed by atoms with van der Waals surface area (Å²) in [6.45, 7) is 6.91. The molecule has 1 aliphatic rings. The Morgan fingerprint density at radius 2 is 1.78 bits per heavy atom. The Hall–Kier alpha value is -3.26. The van der Waals surface area contributed by atoms with Crippen LogP contribution in [0.25, 0.3) is 0 Å². The average molecular weight is 442 g/mol. The summed E-state index contributed by atoms with van der Waals surface area (Å²) in [7, 11) is 3.12. The maximum atomic E-state index is 12.8. The topological polar surface area (TPSA) is 80.3 Å². The average Bonchev–Trinajstić information content (AvgIpc) is 2.79. The van der Waals surface area contributed by atoms with Crippen LogP contribution in [0.3, 0.4) is 0 Å². The molecular formula is C24H31N3O5. The smallest absolute Gasteiger partial charge is 0.254 e. The molecule has 0 atom stereocenters. The van der Waals surface area contributed by atoms with Gasteiger partial charge in [-0.3, -0.25) is 9.59 Å². The van der Waals surface area contributed by atoms with Crippen molar-refractivity contribution in [2.75, 3.05) is 57.2 Å². The van der Waals surface area contributed by atoms with Crippen LogP contribution in [0.4, 0.5) is 11.4 Å². The molecule has 172 valence electrons. The molecular weight excluding hydrogens is 410 g/mol. The maximum absolute atomic E-state index is 12.8. The van der Waals surface area contributed by atoms with E-state index >= 15 is 0 Å². The molecule has 0 aromatic heterocycles. The van der Waals surface area contributed by atoms with Crippen molar-refractivity contribution < 1.29 is 23.8 Å². The minimum absolute atomic E-state index is 0.0141. The maximum Gasteiger partial charge on any atom is 0.254 e. The van der Waals surface area contributed by atoms with Gasteiger partial charge >= 0.3 is 0 Å². The summed E-state index contributed by atoms with van der Waals surface area (Å²) in [4.78, 5) is 28.9. The summed E-state index contributed by atoms with van der Waals surface area (Å²) in [5, 5.41) is 2.84. The Bertz CT molecular complexity index is 924. The zero-order valence-electron chi connectivity index (χ0n) is 19.1. The van der Waals surface area contributed by atoms with E-state index in [2.05, 4.69) is 10.2 Å². The molecule has 8 nitrogen and oxygen atoms in total. The number of benzene rings is 2. The summed E-state index contributed by atoms with van der Waals surface area (Å²) >= 11 is 0. The third kappa shape index (κ3) is 6.13. The normalized spacial score (nSPS) is 13.6. The lowest BCUT2D eigenvalue weighted by Gasteiger charge is -2.28. The minimum atomic E-state index is -0.280. The van der Waals surface area contributed by atoms with Crippen molar-refractivity contribution in [1.82, 2.24) is 4.90 Å². The molecule has 0 spiro atoms. The van der Waals surface area contributed by atoms with Crippen LogP contribution in [0, 0.1) is 0 Å². The molecule has 0 aliphatic carbocycles. The number of anilines is 2. The first-order chi connectivity index (χ1) is 15.4. The molecule has 1 saturated heterocycles. The molecule has 8 heteroatoms. The number of nitrogens with one attached hydrogen (secondary N) is 1. The molecule has 1 fully saturated rings. The van der Waals surface area contributed by atoms with Crippen LogP contribution in [-0.2, 0) is 9.53 Å². The van der Waals surface area contributed by atoms with Crippen molar-refractivity contribution in [3.05, 3.63) is 48.0 Å². The van der Waals surface area contributed by atoms with E-state index in [-0.39, 0.29) is 24.5 Å². The second-order valence-corrected chi connectivity index (χ2v) is 7.89. The van der Waals surface area contributed by atoms with Crippen LogP contribution in [0.5, 0.6) is 11.5 Å². The van der Waals surface area contributed by atoms with E-state index in [1.807, 2.05) is 38.1 Å². The summed E-state index contributed by atoms with van der Waals surface area (Å²) in [5.41, 5.74) is 2.20. The highest BCUT2D eigenvalue weighted by atomic mass is 16.5. The van der Waals surface area contributed by atoms with E-state index in [0.29, 0.717) is 22.7 Å². The van der Waals surface area contributed by atoms with Crippen molar-refractivity contribution in [2.45, 2.75) is 20.0 Å². The number of amides is 2. The van der Waals surface area contributed by atoms with Gasteiger partial charge in [-0.2, -0.15) is 0 Å². The molecule has 1 N–H and O–H groups in total. The fourth-order valence-corrected chi connectivity index (χ4v) is 3.44. The van der Waals surface area contributed by atoms with Gasteiger partial charge in [0.1, 0.15) is 0 Å². The first-order valence-electron chi connectivity index (χ1n) is 10.7. The standard InChI is InChI=1S/C24H31N3O5/c1-17(2)32-21-10-5-18(15-22(21)30-4)24(29)26(3)16-23(28)25-19-6-8-20(9-7-19)27-11-13-31-14-12-27/h5-10,15,17H,11-14,16H2,1-4H3,(H,25,28). The Morgan fingerprint density at radius 1 is 1.09 bits per heavy atom. The Labute approximate surface area is 189 Å². The number of carbonyl (C=O) groups is 2. The highest BCUT2D eigenvalue weighted by molar-refractivity contribution is 5.99. The van der Waals surface area contributed by atoms with Crippen molar-refractivity contribution in [1.29, 1.82) is 0 Å². The number of rotatable bonds is 8. The van der Waals surface area contributed by atoms with Gasteiger partial charge in [-0.15, -0.1) is 0 Å². The molecule has 2 aromatic rings. The van der Waals surface area contributed by atoms with Crippen molar-refractivity contribution in [3.63, 3.8) is 0 Å². The lowest BCUT2D eigenvalue weighted by Crippen LogP contribution is -2.36. The van der Waals surface area contributed by atoms with Gasteiger partial charge in [0, 0.05) is 37.1 Å². The molecule has 1 aliphatic heterocycles.